The number of rotatable bonds is 3. The Bertz CT molecular complexity index is 955. The normalized spacial score (nSPS) is 17.6. The summed E-state index contributed by atoms with van der Waals surface area (Å²) in [7, 11) is 0. The first-order valence-electron chi connectivity index (χ1n) is 8.13. The van der Waals surface area contributed by atoms with E-state index in [1.165, 1.54) is 10.4 Å². The number of aromatic nitrogens is 3. The van der Waals surface area contributed by atoms with E-state index in [4.69, 9.17) is 16.4 Å². The largest absolute Gasteiger partial charge is 0.382 e. The van der Waals surface area contributed by atoms with Crippen molar-refractivity contribution in [3.05, 3.63) is 53.1 Å². The van der Waals surface area contributed by atoms with Gasteiger partial charge in [0.25, 0.3) is 5.91 Å². The van der Waals surface area contributed by atoms with E-state index in [0.717, 1.165) is 12.1 Å². The molecule has 0 fully saturated rings. The van der Waals surface area contributed by atoms with E-state index in [1.807, 2.05) is 25.1 Å². The quantitative estimate of drug-likeness (QED) is 0.724. The van der Waals surface area contributed by atoms with Gasteiger partial charge in [0.15, 0.2) is 0 Å². The molecule has 1 amide bonds. The molecule has 2 aromatic carbocycles. The van der Waals surface area contributed by atoms with Gasteiger partial charge in [-0.1, -0.05) is 34.6 Å². The molecule has 25 heavy (non-hydrogen) atoms. The molecule has 0 radical (unpaired) electrons. The molecular formula is C18H17ClN4O2. The maximum atomic E-state index is 13.0. The second kappa shape index (κ2) is 6.04. The van der Waals surface area contributed by atoms with E-state index in [0.29, 0.717) is 16.1 Å². The van der Waals surface area contributed by atoms with Crippen LogP contribution in [0.15, 0.2) is 42.5 Å². The summed E-state index contributed by atoms with van der Waals surface area (Å²) in [6.45, 7) is 3.75. The van der Waals surface area contributed by atoms with Gasteiger partial charge in [0, 0.05) is 16.8 Å². The number of amides is 1. The summed E-state index contributed by atoms with van der Waals surface area (Å²) in [6, 6.07) is 13.3. The second-order valence-corrected chi connectivity index (χ2v) is 6.67. The van der Waals surface area contributed by atoms with Crippen molar-refractivity contribution in [2.75, 3.05) is 4.90 Å². The molecule has 2 atom stereocenters. The van der Waals surface area contributed by atoms with Crippen LogP contribution in [0.4, 0.5) is 5.69 Å². The third-order valence-corrected chi connectivity index (χ3v) is 4.66. The van der Waals surface area contributed by atoms with Crippen molar-refractivity contribution in [2.45, 2.75) is 32.4 Å². The van der Waals surface area contributed by atoms with Crippen LogP contribution in [-0.4, -0.2) is 33.2 Å². The van der Waals surface area contributed by atoms with Crippen LogP contribution < -0.4 is 9.74 Å². The predicted molar refractivity (Wildman–Crippen MR) is 95.7 cm³/mol. The maximum Gasteiger partial charge on any atom is 0.270 e. The molecule has 6 nitrogen and oxygen atoms in total. The number of anilines is 1. The third-order valence-electron chi connectivity index (χ3n) is 4.43. The van der Waals surface area contributed by atoms with Gasteiger partial charge >= 0.3 is 0 Å². The minimum atomic E-state index is -0.711. The van der Waals surface area contributed by atoms with Gasteiger partial charge in [-0.15, -0.1) is 5.10 Å². The van der Waals surface area contributed by atoms with E-state index in [1.54, 1.807) is 30.0 Å². The second-order valence-electron chi connectivity index (χ2n) is 6.23. The highest BCUT2D eigenvalue weighted by Crippen LogP contribution is 2.32. The van der Waals surface area contributed by atoms with Crippen molar-refractivity contribution in [2.24, 2.45) is 0 Å². The number of benzene rings is 2. The summed E-state index contributed by atoms with van der Waals surface area (Å²) >= 11 is 6.03. The lowest BCUT2D eigenvalue weighted by Gasteiger charge is -2.25. The zero-order valence-corrected chi connectivity index (χ0v) is 14.6. The van der Waals surface area contributed by atoms with Crippen LogP contribution in [0, 0.1) is 0 Å². The molecule has 7 heteroatoms. The maximum absolute atomic E-state index is 13.0. The summed E-state index contributed by atoms with van der Waals surface area (Å²) < 4.78 is 0. The van der Waals surface area contributed by atoms with Crippen LogP contribution in [0.3, 0.4) is 0 Å². The van der Waals surface area contributed by atoms with Crippen molar-refractivity contribution in [3.8, 4) is 0 Å². The van der Waals surface area contributed by atoms with Crippen molar-refractivity contribution < 1.29 is 9.63 Å². The number of para-hydroxylation sites is 1. The molecule has 0 unspecified atom stereocenters. The Morgan fingerprint density at radius 3 is 2.96 bits per heavy atom. The van der Waals surface area contributed by atoms with E-state index < -0.39 is 6.10 Å². The molecule has 0 N–H and O–H groups in total. The zero-order valence-electron chi connectivity index (χ0n) is 13.9. The highest BCUT2D eigenvalue weighted by Gasteiger charge is 2.34. The Kier molecular flexibility index (Phi) is 3.84. The molecule has 1 aliphatic heterocycles. The van der Waals surface area contributed by atoms with Gasteiger partial charge in [0.05, 0.1) is 0 Å². The van der Waals surface area contributed by atoms with Crippen molar-refractivity contribution in [1.29, 1.82) is 0 Å². The number of carbonyl (C=O) groups excluding carboxylic acids is 1. The average Bonchev–Trinajstić information content (AvgIpc) is 3.14. The molecule has 4 rings (SSSR count). The SMILES string of the molecule is C[C@H](On1nnc2ccc(Cl)cc21)C(=O)N1c2ccccc2C[C@H]1C. The predicted octanol–water partition coefficient (Wildman–Crippen LogP) is 2.88. The molecule has 0 saturated heterocycles. The van der Waals surface area contributed by atoms with Gasteiger partial charge < -0.3 is 9.74 Å². The van der Waals surface area contributed by atoms with Crippen LogP contribution >= 0.6 is 11.6 Å². The Balaban J connectivity index is 1.59. The first-order chi connectivity index (χ1) is 12.0. The van der Waals surface area contributed by atoms with Crippen LogP contribution in [0.5, 0.6) is 0 Å². The van der Waals surface area contributed by atoms with Crippen molar-refractivity contribution in [1.82, 2.24) is 15.2 Å². The number of hydrogen-bond acceptors (Lipinski definition) is 4. The summed E-state index contributed by atoms with van der Waals surface area (Å²) in [5, 5.41) is 8.55. The van der Waals surface area contributed by atoms with Crippen LogP contribution in [0.25, 0.3) is 11.0 Å². The molecule has 2 heterocycles. The van der Waals surface area contributed by atoms with Crippen molar-refractivity contribution in [3.63, 3.8) is 0 Å². The summed E-state index contributed by atoms with van der Waals surface area (Å²) in [5.41, 5.74) is 3.40. The molecule has 128 valence electrons. The molecule has 3 aromatic rings. The first kappa shape index (κ1) is 15.9. The molecule has 0 spiro atoms. The highest BCUT2D eigenvalue weighted by molar-refractivity contribution is 6.31. The van der Waals surface area contributed by atoms with Gasteiger partial charge in [-0.2, -0.15) is 0 Å². The van der Waals surface area contributed by atoms with Gasteiger partial charge in [-0.25, -0.2) is 0 Å². The smallest absolute Gasteiger partial charge is 0.270 e. The van der Waals surface area contributed by atoms with E-state index in [-0.39, 0.29) is 11.9 Å². The summed E-state index contributed by atoms with van der Waals surface area (Å²) in [5.74, 6) is -0.108. The van der Waals surface area contributed by atoms with Gasteiger partial charge in [-0.3, -0.25) is 4.79 Å². The number of fused-ring (bicyclic) bond motifs is 2. The molecular weight excluding hydrogens is 340 g/mol. The monoisotopic (exact) mass is 356 g/mol. The van der Waals surface area contributed by atoms with Gasteiger partial charge in [0.2, 0.25) is 6.10 Å². The van der Waals surface area contributed by atoms with Crippen molar-refractivity contribution >= 4 is 34.2 Å². The minimum absolute atomic E-state index is 0.0953. The number of halogens is 1. The Hall–Kier alpha value is -2.60. The molecule has 1 aromatic heterocycles. The molecule has 0 saturated carbocycles. The lowest BCUT2D eigenvalue weighted by atomic mass is 10.1. The Labute approximate surface area is 149 Å². The standard InChI is InChI=1S/C18H17ClN4O2/c1-11-9-13-5-3-4-6-16(13)22(11)18(24)12(2)25-23-17-10-14(19)7-8-15(17)20-21-23/h3-8,10-12H,9H2,1-2H3/t11-,12+/m1/s1. The number of carbonyl (C=O) groups is 1. The number of hydrogen-bond donors (Lipinski definition) is 0. The zero-order chi connectivity index (χ0) is 17.6. The first-order valence-corrected chi connectivity index (χ1v) is 8.51. The Morgan fingerprint density at radius 2 is 2.12 bits per heavy atom. The van der Waals surface area contributed by atoms with Crippen LogP contribution in [-0.2, 0) is 11.2 Å². The van der Waals surface area contributed by atoms with E-state index in [9.17, 15) is 4.79 Å². The fourth-order valence-electron chi connectivity index (χ4n) is 3.24. The Morgan fingerprint density at radius 1 is 1.32 bits per heavy atom. The molecule has 0 aliphatic carbocycles. The lowest BCUT2D eigenvalue weighted by molar-refractivity contribution is -0.130. The highest BCUT2D eigenvalue weighted by atomic mass is 35.5. The van der Waals surface area contributed by atoms with Crippen LogP contribution in [0.1, 0.15) is 19.4 Å². The number of nitrogens with zero attached hydrogens (tertiary/aromatic N) is 4. The minimum Gasteiger partial charge on any atom is -0.382 e. The lowest BCUT2D eigenvalue weighted by Crippen LogP contribution is -2.45. The average molecular weight is 357 g/mol. The van der Waals surface area contributed by atoms with E-state index in [2.05, 4.69) is 16.4 Å². The summed E-state index contributed by atoms with van der Waals surface area (Å²) in [4.78, 5) is 21.8. The fraction of sp³-hybridized carbons (Fsp3) is 0.278. The topological polar surface area (TPSA) is 60.2 Å². The van der Waals surface area contributed by atoms with Gasteiger partial charge in [-0.05, 0) is 55.3 Å². The fourth-order valence-corrected chi connectivity index (χ4v) is 3.41. The molecule has 0 bridgehead atoms. The third kappa shape index (κ3) is 2.72. The summed E-state index contributed by atoms with van der Waals surface area (Å²) in [6.07, 6.45) is 0.133. The van der Waals surface area contributed by atoms with Gasteiger partial charge in [0.1, 0.15) is 11.0 Å². The van der Waals surface area contributed by atoms with Crippen LogP contribution in [0.2, 0.25) is 5.02 Å². The van der Waals surface area contributed by atoms with E-state index >= 15 is 0 Å². The molecule has 1 aliphatic rings.